The van der Waals surface area contributed by atoms with Crippen molar-refractivity contribution in [2.75, 3.05) is 27.3 Å². The largest absolute Gasteiger partial charge is 0.385 e. The molecule has 0 radical (unpaired) electrons. The highest BCUT2D eigenvalue weighted by atomic mass is 79.9. The number of benzene rings is 1. The first-order valence-corrected chi connectivity index (χ1v) is 6.88. The Bertz CT molecular complexity index is 330. The van der Waals surface area contributed by atoms with Gasteiger partial charge in [0.25, 0.3) is 0 Å². The molecule has 0 aromatic heterocycles. The summed E-state index contributed by atoms with van der Waals surface area (Å²) in [6, 6.07) is 8.48. The number of nitrogens with one attached hydrogen (secondary N) is 1. The molecule has 2 unspecified atom stereocenters. The molecule has 0 saturated heterocycles. The van der Waals surface area contributed by atoms with Crippen LogP contribution in [0, 0.1) is 5.92 Å². The second kappa shape index (κ2) is 7.85. The molecule has 0 amide bonds. The van der Waals surface area contributed by atoms with E-state index in [1.165, 1.54) is 10.0 Å². The second-order valence-electron chi connectivity index (χ2n) is 4.44. The molecule has 17 heavy (non-hydrogen) atoms. The fourth-order valence-corrected chi connectivity index (χ4v) is 2.70. The molecule has 0 aliphatic rings. The first-order chi connectivity index (χ1) is 8.20. The summed E-state index contributed by atoms with van der Waals surface area (Å²) in [5.41, 5.74) is 1.38. The van der Waals surface area contributed by atoms with Crippen LogP contribution in [-0.2, 0) is 4.74 Å². The molecular weight excluding hydrogens is 278 g/mol. The maximum Gasteiger partial charge on any atom is 0.0465 e. The molecule has 1 N–H and O–H groups in total. The summed E-state index contributed by atoms with van der Waals surface area (Å²) in [7, 11) is 3.77. The van der Waals surface area contributed by atoms with Gasteiger partial charge in [0, 0.05) is 30.7 Å². The molecule has 0 saturated carbocycles. The normalized spacial score (nSPS) is 14.6. The van der Waals surface area contributed by atoms with Crippen LogP contribution in [0.3, 0.4) is 0 Å². The summed E-state index contributed by atoms with van der Waals surface area (Å²) in [5, 5.41) is 3.29. The standard InChI is InChI=1S/C14H22BrNO/c1-11(8-9-17-3)13(10-16-2)12-6-4-5-7-14(12)15/h4-7,11,13,16H,8-10H2,1-3H3. The summed E-state index contributed by atoms with van der Waals surface area (Å²) >= 11 is 3.64. The van der Waals surface area contributed by atoms with Gasteiger partial charge in [0.15, 0.2) is 0 Å². The average Bonchev–Trinajstić information content (AvgIpc) is 2.34. The van der Waals surface area contributed by atoms with Crippen molar-refractivity contribution >= 4 is 15.9 Å². The van der Waals surface area contributed by atoms with Gasteiger partial charge in [-0.3, -0.25) is 0 Å². The van der Waals surface area contributed by atoms with Crippen molar-refractivity contribution in [1.29, 1.82) is 0 Å². The predicted octanol–water partition coefficient (Wildman–Crippen LogP) is 3.42. The molecule has 1 aromatic rings. The molecule has 1 rings (SSSR count). The summed E-state index contributed by atoms with van der Waals surface area (Å²) in [6.45, 7) is 4.11. The Morgan fingerprint density at radius 2 is 2.06 bits per heavy atom. The molecule has 0 aliphatic carbocycles. The van der Waals surface area contributed by atoms with Gasteiger partial charge in [0.1, 0.15) is 0 Å². The van der Waals surface area contributed by atoms with Crippen LogP contribution >= 0.6 is 15.9 Å². The van der Waals surface area contributed by atoms with Gasteiger partial charge in [0.2, 0.25) is 0 Å². The van der Waals surface area contributed by atoms with E-state index in [0.717, 1.165) is 19.6 Å². The first-order valence-electron chi connectivity index (χ1n) is 6.08. The van der Waals surface area contributed by atoms with Crippen LogP contribution in [0.4, 0.5) is 0 Å². The maximum atomic E-state index is 5.17. The Hall–Kier alpha value is -0.380. The minimum Gasteiger partial charge on any atom is -0.385 e. The van der Waals surface area contributed by atoms with Crippen molar-refractivity contribution in [3.8, 4) is 0 Å². The van der Waals surface area contributed by atoms with Crippen LogP contribution < -0.4 is 5.32 Å². The molecule has 1 aromatic carbocycles. The van der Waals surface area contributed by atoms with Gasteiger partial charge in [-0.25, -0.2) is 0 Å². The van der Waals surface area contributed by atoms with E-state index in [1.807, 2.05) is 7.05 Å². The SMILES string of the molecule is CNCC(c1ccccc1Br)C(C)CCOC. The Morgan fingerprint density at radius 1 is 1.35 bits per heavy atom. The van der Waals surface area contributed by atoms with Gasteiger partial charge in [0.05, 0.1) is 0 Å². The molecule has 0 fully saturated rings. The van der Waals surface area contributed by atoms with Crippen LogP contribution in [0.15, 0.2) is 28.7 Å². The lowest BCUT2D eigenvalue weighted by atomic mass is 9.85. The average molecular weight is 300 g/mol. The van der Waals surface area contributed by atoms with Gasteiger partial charge in [-0.15, -0.1) is 0 Å². The predicted molar refractivity (Wildman–Crippen MR) is 76.5 cm³/mol. The second-order valence-corrected chi connectivity index (χ2v) is 5.30. The van der Waals surface area contributed by atoms with Crippen molar-refractivity contribution in [3.05, 3.63) is 34.3 Å². The van der Waals surface area contributed by atoms with Crippen LogP contribution in [0.5, 0.6) is 0 Å². The summed E-state index contributed by atoms with van der Waals surface area (Å²) in [6.07, 6.45) is 1.09. The number of hydrogen-bond donors (Lipinski definition) is 1. The van der Waals surface area contributed by atoms with E-state index in [2.05, 4.69) is 52.4 Å². The zero-order chi connectivity index (χ0) is 12.7. The Kier molecular flexibility index (Phi) is 6.78. The van der Waals surface area contributed by atoms with E-state index < -0.39 is 0 Å². The third kappa shape index (κ3) is 4.41. The number of ether oxygens (including phenoxy) is 1. The maximum absolute atomic E-state index is 5.17. The lowest BCUT2D eigenvalue weighted by Crippen LogP contribution is -2.24. The number of methoxy groups -OCH3 is 1. The highest BCUT2D eigenvalue weighted by Crippen LogP contribution is 2.31. The summed E-state index contributed by atoms with van der Waals surface area (Å²) in [4.78, 5) is 0. The minimum atomic E-state index is 0.519. The van der Waals surface area contributed by atoms with Crippen LogP contribution in [0.1, 0.15) is 24.8 Å². The van der Waals surface area contributed by atoms with Crippen molar-refractivity contribution < 1.29 is 4.74 Å². The molecule has 0 spiro atoms. The quantitative estimate of drug-likeness (QED) is 0.833. The van der Waals surface area contributed by atoms with Crippen molar-refractivity contribution in [2.24, 2.45) is 5.92 Å². The lowest BCUT2D eigenvalue weighted by molar-refractivity contribution is 0.174. The van der Waals surface area contributed by atoms with E-state index in [4.69, 9.17) is 4.74 Å². The van der Waals surface area contributed by atoms with E-state index in [-0.39, 0.29) is 0 Å². The van der Waals surface area contributed by atoms with Crippen molar-refractivity contribution in [3.63, 3.8) is 0 Å². The molecule has 2 atom stereocenters. The van der Waals surface area contributed by atoms with Crippen LogP contribution in [0.25, 0.3) is 0 Å². The fourth-order valence-electron chi connectivity index (χ4n) is 2.12. The molecule has 0 aliphatic heterocycles. The van der Waals surface area contributed by atoms with E-state index in [9.17, 15) is 0 Å². The number of likely N-dealkylation sites (N-methyl/N-ethyl adjacent to an activating group) is 1. The molecule has 0 bridgehead atoms. The third-order valence-electron chi connectivity index (χ3n) is 3.19. The van der Waals surface area contributed by atoms with Gasteiger partial charge < -0.3 is 10.1 Å². The zero-order valence-corrected chi connectivity index (χ0v) is 12.5. The van der Waals surface area contributed by atoms with Crippen molar-refractivity contribution in [2.45, 2.75) is 19.3 Å². The summed E-state index contributed by atoms with van der Waals surface area (Å²) in [5.74, 6) is 1.12. The first kappa shape index (κ1) is 14.7. The zero-order valence-electron chi connectivity index (χ0n) is 10.9. The van der Waals surface area contributed by atoms with E-state index in [1.54, 1.807) is 7.11 Å². The Balaban J connectivity index is 2.81. The molecule has 2 nitrogen and oxygen atoms in total. The van der Waals surface area contributed by atoms with Crippen LogP contribution in [-0.4, -0.2) is 27.3 Å². The topological polar surface area (TPSA) is 21.3 Å². The summed E-state index contributed by atoms with van der Waals surface area (Å²) < 4.78 is 6.37. The molecular formula is C14H22BrNO. The van der Waals surface area contributed by atoms with Crippen molar-refractivity contribution in [1.82, 2.24) is 5.32 Å². The highest BCUT2D eigenvalue weighted by Gasteiger charge is 2.20. The monoisotopic (exact) mass is 299 g/mol. The smallest absolute Gasteiger partial charge is 0.0465 e. The van der Waals surface area contributed by atoms with E-state index >= 15 is 0 Å². The fraction of sp³-hybridized carbons (Fsp3) is 0.571. The number of halogens is 1. The van der Waals surface area contributed by atoms with Gasteiger partial charge in [-0.1, -0.05) is 41.1 Å². The van der Waals surface area contributed by atoms with E-state index in [0.29, 0.717) is 11.8 Å². The van der Waals surface area contributed by atoms with Crippen LogP contribution in [0.2, 0.25) is 0 Å². The number of hydrogen-bond acceptors (Lipinski definition) is 2. The molecule has 0 heterocycles. The lowest BCUT2D eigenvalue weighted by Gasteiger charge is -2.25. The van der Waals surface area contributed by atoms with Gasteiger partial charge >= 0.3 is 0 Å². The highest BCUT2D eigenvalue weighted by molar-refractivity contribution is 9.10. The Morgan fingerprint density at radius 3 is 2.65 bits per heavy atom. The van der Waals surface area contributed by atoms with Gasteiger partial charge in [-0.2, -0.15) is 0 Å². The Labute approximate surface area is 113 Å². The van der Waals surface area contributed by atoms with Gasteiger partial charge in [-0.05, 0) is 31.0 Å². The minimum absolute atomic E-state index is 0.519. The molecule has 3 heteroatoms. The number of rotatable bonds is 7. The molecule has 96 valence electrons. The third-order valence-corrected chi connectivity index (χ3v) is 3.92.